The van der Waals surface area contributed by atoms with Gasteiger partial charge in [0.05, 0.1) is 21.2 Å². The maximum Gasteiger partial charge on any atom is 0.294 e. The van der Waals surface area contributed by atoms with Gasteiger partial charge >= 0.3 is 0 Å². The summed E-state index contributed by atoms with van der Waals surface area (Å²) >= 11 is 7.51. The number of benzene rings is 1. The number of halogens is 1. The zero-order chi connectivity index (χ0) is 21.7. The first-order valence-electron chi connectivity index (χ1n) is 9.27. The normalized spacial score (nSPS) is 16.6. The fraction of sp³-hybridized carbons (Fsp3) is 0.227. The summed E-state index contributed by atoms with van der Waals surface area (Å²) in [5.74, 6) is -0.715. The fourth-order valence-electron chi connectivity index (χ4n) is 3.57. The van der Waals surface area contributed by atoms with Gasteiger partial charge in [-0.2, -0.15) is 0 Å². The highest BCUT2D eigenvalue weighted by Crippen LogP contribution is 2.43. The van der Waals surface area contributed by atoms with E-state index in [1.54, 1.807) is 51.1 Å². The molecule has 1 unspecified atom stereocenters. The predicted molar refractivity (Wildman–Crippen MR) is 115 cm³/mol. The van der Waals surface area contributed by atoms with Crippen molar-refractivity contribution < 1.29 is 19.1 Å². The van der Waals surface area contributed by atoms with Crippen LogP contribution >= 0.6 is 22.9 Å². The average molecular weight is 443 g/mol. The van der Waals surface area contributed by atoms with Crippen molar-refractivity contribution in [2.45, 2.75) is 33.7 Å². The molecule has 4 rings (SSSR count). The lowest BCUT2D eigenvalue weighted by Crippen LogP contribution is -2.30. The number of ketones is 1. The number of rotatable bonds is 4. The Balaban J connectivity index is 1.89. The molecule has 0 bridgehead atoms. The minimum Gasteiger partial charge on any atom is -0.503 e. The van der Waals surface area contributed by atoms with Gasteiger partial charge in [0.25, 0.3) is 5.91 Å². The molecule has 1 aliphatic heterocycles. The summed E-state index contributed by atoms with van der Waals surface area (Å²) in [5, 5.41) is 12.0. The molecule has 6 nitrogen and oxygen atoms in total. The molecule has 0 saturated heterocycles. The third kappa shape index (κ3) is 3.24. The second-order valence-electron chi connectivity index (χ2n) is 7.20. The number of thiazole rings is 1. The summed E-state index contributed by atoms with van der Waals surface area (Å²) in [4.78, 5) is 32.6. The van der Waals surface area contributed by atoms with Crippen LogP contribution in [0.2, 0.25) is 5.02 Å². The Bertz CT molecular complexity index is 1220. The molecule has 154 valence electrons. The topological polar surface area (TPSA) is 83.6 Å². The zero-order valence-electron chi connectivity index (χ0n) is 16.8. The molecule has 0 fully saturated rings. The van der Waals surface area contributed by atoms with E-state index < -0.39 is 23.5 Å². The number of anilines is 1. The van der Waals surface area contributed by atoms with Gasteiger partial charge in [-0.15, -0.1) is 11.3 Å². The van der Waals surface area contributed by atoms with Gasteiger partial charge in [0.1, 0.15) is 17.6 Å². The number of hydrogen-bond acceptors (Lipinski definition) is 6. The number of hydrogen-bond donors (Lipinski definition) is 1. The number of furan rings is 1. The molecule has 1 aliphatic rings. The van der Waals surface area contributed by atoms with E-state index in [0.717, 1.165) is 10.6 Å². The number of aliphatic hydroxyl groups is 1. The van der Waals surface area contributed by atoms with Crippen molar-refractivity contribution in [3.05, 3.63) is 79.3 Å². The standard InChI is InChI=1S/C22H19ClN2O4S/c1-10-5-7-14(9-15(10)23)25-18(16-8-6-11(2)29-16)17(20(27)22(25)28)19(26)21-12(3)24-13(4)30-21/h5-9,18,27H,1-4H3. The van der Waals surface area contributed by atoms with Crippen LogP contribution in [0.25, 0.3) is 0 Å². The molecule has 8 heteroatoms. The predicted octanol–water partition coefficient (Wildman–Crippen LogP) is 5.41. The van der Waals surface area contributed by atoms with Crippen LogP contribution in [0.4, 0.5) is 5.69 Å². The maximum absolute atomic E-state index is 13.4. The first kappa shape index (κ1) is 20.4. The molecular formula is C22H19ClN2O4S. The number of aliphatic hydroxyl groups excluding tert-OH is 1. The Hall–Kier alpha value is -2.90. The lowest BCUT2D eigenvalue weighted by molar-refractivity contribution is -0.117. The highest BCUT2D eigenvalue weighted by Gasteiger charge is 2.46. The number of aromatic nitrogens is 1. The Morgan fingerprint density at radius 3 is 2.50 bits per heavy atom. The van der Waals surface area contributed by atoms with E-state index in [9.17, 15) is 14.7 Å². The molecular weight excluding hydrogens is 424 g/mol. The van der Waals surface area contributed by atoms with Crippen molar-refractivity contribution in [1.29, 1.82) is 0 Å². The summed E-state index contributed by atoms with van der Waals surface area (Å²) in [6.07, 6.45) is 0. The van der Waals surface area contributed by atoms with Crippen LogP contribution in [0.5, 0.6) is 0 Å². The molecule has 30 heavy (non-hydrogen) atoms. The van der Waals surface area contributed by atoms with E-state index in [2.05, 4.69) is 4.98 Å². The molecule has 0 aliphatic carbocycles. The second-order valence-corrected chi connectivity index (χ2v) is 8.81. The maximum atomic E-state index is 13.4. The van der Waals surface area contributed by atoms with Crippen molar-refractivity contribution in [2.75, 3.05) is 4.90 Å². The summed E-state index contributed by atoms with van der Waals surface area (Å²) < 4.78 is 5.78. The van der Waals surface area contributed by atoms with Gasteiger partial charge in [0.15, 0.2) is 5.76 Å². The average Bonchev–Trinajstić information content (AvgIpc) is 3.34. The largest absolute Gasteiger partial charge is 0.503 e. The first-order chi connectivity index (χ1) is 14.2. The molecule has 1 N–H and O–H groups in total. The molecule has 3 aromatic rings. The number of aryl methyl sites for hydroxylation is 4. The summed E-state index contributed by atoms with van der Waals surface area (Å²) in [7, 11) is 0. The van der Waals surface area contributed by atoms with Gasteiger partial charge in [0, 0.05) is 10.7 Å². The Morgan fingerprint density at radius 2 is 1.93 bits per heavy atom. The van der Waals surface area contributed by atoms with Gasteiger partial charge in [-0.25, -0.2) is 4.98 Å². The summed E-state index contributed by atoms with van der Waals surface area (Å²) in [5.41, 5.74) is 1.84. The van der Waals surface area contributed by atoms with E-state index in [1.807, 2.05) is 6.92 Å². The zero-order valence-corrected chi connectivity index (χ0v) is 18.4. The van der Waals surface area contributed by atoms with Gasteiger partial charge in [-0.1, -0.05) is 17.7 Å². The van der Waals surface area contributed by atoms with Crippen molar-refractivity contribution in [3.63, 3.8) is 0 Å². The van der Waals surface area contributed by atoms with Crippen molar-refractivity contribution >= 4 is 40.3 Å². The van der Waals surface area contributed by atoms with Crippen LogP contribution in [-0.2, 0) is 4.79 Å². The lowest BCUT2D eigenvalue weighted by atomic mass is 9.99. The highest BCUT2D eigenvalue weighted by atomic mass is 35.5. The van der Waals surface area contributed by atoms with Crippen LogP contribution < -0.4 is 4.90 Å². The number of carbonyl (C=O) groups excluding carboxylic acids is 2. The monoisotopic (exact) mass is 442 g/mol. The van der Waals surface area contributed by atoms with Crippen molar-refractivity contribution in [3.8, 4) is 0 Å². The van der Waals surface area contributed by atoms with Crippen LogP contribution in [0.1, 0.15) is 43.5 Å². The third-order valence-electron chi connectivity index (χ3n) is 5.03. The van der Waals surface area contributed by atoms with Crippen molar-refractivity contribution in [2.24, 2.45) is 0 Å². The Kier molecular flexibility index (Phi) is 5.03. The van der Waals surface area contributed by atoms with Gasteiger partial charge < -0.3 is 9.52 Å². The number of Topliss-reactive ketones (excluding diaryl/α,β-unsaturated/α-hetero) is 1. The molecule has 1 atom stereocenters. The van der Waals surface area contributed by atoms with E-state index >= 15 is 0 Å². The van der Waals surface area contributed by atoms with E-state index in [1.165, 1.54) is 16.2 Å². The molecule has 1 amide bonds. The van der Waals surface area contributed by atoms with E-state index in [4.69, 9.17) is 16.0 Å². The van der Waals surface area contributed by atoms with Crippen LogP contribution in [-0.4, -0.2) is 21.8 Å². The minimum atomic E-state index is -0.917. The minimum absolute atomic E-state index is 0.0298. The Labute approximate surface area is 182 Å². The lowest BCUT2D eigenvalue weighted by Gasteiger charge is -2.25. The molecule has 0 spiro atoms. The molecule has 1 aromatic carbocycles. The van der Waals surface area contributed by atoms with Crippen LogP contribution in [0, 0.1) is 27.7 Å². The van der Waals surface area contributed by atoms with Gasteiger partial charge in [-0.3, -0.25) is 14.5 Å². The van der Waals surface area contributed by atoms with Crippen molar-refractivity contribution in [1.82, 2.24) is 4.98 Å². The fourth-order valence-corrected chi connectivity index (χ4v) is 4.62. The second kappa shape index (κ2) is 7.41. The van der Waals surface area contributed by atoms with Gasteiger partial charge in [-0.05, 0) is 57.5 Å². The molecule has 3 heterocycles. The number of carbonyl (C=O) groups is 2. The van der Waals surface area contributed by atoms with Crippen LogP contribution in [0.15, 0.2) is 46.1 Å². The number of amides is 1. The SMILES string of the molecule is Cc1ccc(C2C(C(=O)c3sc(C)nc3C)=C(O)C(=O)N2c2ccc(C)c(Cl)c2)o1. The van der Waals surface area contributed by atoms with Crippen LogP contribution in [0.3, 0.4) is 0 Å². The summed E-state index contributed by atoms with van der Waals surface area (Å²) in [6.45, 7) is 7.16. The third-order valence-corrected chi connectivity index (χ3v) is 6.51. The summed E-state index contributed by atoms with van der Waals surface area (Å²) in [6, 6.07) is 7.68. The Morgan fingerprint density at radius 1 is 1.20 bits per heavy atom. The highest BCUT2D eigenvalue weighted by molar-refractivity contribution is 7.14. The number of nitrogens with zero attached hydrogens (tertiary/aromatic N) is 2. The smallest absolute Gasteiger partial charge is 0.294 e. The molecule has 0 saturated carbocycles. The molecule has 2 aromatic heterocycles. The molecule has 0 radical (unpaired) electrons. The van der Waals surface area contributed by atoms with E-state index in [0.29, 0.717) is 32.8 Å². The van der Waals surface area contributed by atoms with Gasteiger partial charge in [0.2, 0.25) is 5.78 Å². The quantitative estimate of drug-likeness (QED) is 0.546. The first-order valence-corrected chi connectivity index (χ1v) is 10.5. The van der Waals surface area contributed by atoms with E-state index in [-0.39, 0.29) is 5.57 Å².